The molecule has 0 radical (unpaired) electrons. The highest BCUT2D eigenvalue weighted by molar-refractivity contribution is 5.90. The van der Waals surface area contributed by atoms with Crippen molar-refractivity contribution in [3.05, 3.63) is 65.5 Å². The average Bonchev–Trinajstić information content (AvgIpc) is 2.89. The lowest BCUT2D eigenvalue weighted by Crippen LogP contribution is -2.10. The van der Waals surface area contributed by atoms with Crippen LogP contribution >= 0.6 is 0 Å². The Balaban J connectivity index is 2.03. The van der Waals surface area contributed by atoms with Crippen LogP contribution in [0.15, 0.2) is 48.5 Å². The van der Waals surface area contributed by atoms with Gasteiger partial charge in [0.25, 0.3) is 0 Å². The summed E-state index contributed by atoms with van der Waals surface area (Å²) in [6.07, 6.45) is 1.90. The van der Waals surface area contributed by atoms with Crippen molar-refractivity contribution in [2.24, 2.45) is 7.05 Å². The number of hydrogen-bond donors (Lipinski definition) is 0. The minimum Gasteiger partial charge on any atom is -0.327 e. The molecular formula is C21H21N3. The van der Waals surface area contributed by atoms with Crippen LogP contribution in [-0.2, 0) is 12.5 Å². The Morgan fingerprint density at radius 1 is 1.08 bits per heavy atom. The molecule has 24 heavy (non-hydrogen) atoms. The van der Waals surface area contributed by atoms with E-state index in [4.69, 9.17) is 0 Å². The smallest absolute Gasteiger partial charge is 0.151 e. The topological polar surface area (TPSA) is 41.6 Å². The molecule has 0 saturated heterocycles. The lowest BCUT2D eigenvalue weighted by molar-refractivity contribution is 0.590. The van der Waals surface area contributed by atoms with Gasteiger partial charge in [0.15, 0.2) is 5.82 Å². The number of allylic oxidation sites excluding steroid dienone is 1. The molecule has 1 aromatic heterocycles. The maximum absolute atomic E-state index is 9.60. The molecule has 0 aliphatic heterocycles. The van der Waals surface area contributed by atoms with Gasteiger partial charge in [-0.05, 0) is 34.8 Å². The number of hydrogen-bond acceptors (Lipinski definition) is 2. The third-order valence-corrected chi connectivity index (χ3v) is 4.24. The van der Waals surface area contributed by atoms with E-state index in [0.717, 1.165) is 16.6 Å². The lowest BCUT2D eigenvalue weighted by atomic mass is 9.86. The van der Waals surface area contributed by atoms with Gasteiger partial charge in [-0.15, -0.1) is 0 Å². The summed E-state index contributed by atoms with van der Waals surface area (Å²) in [5.74, 6) is 0.693. The van der Waals surface area contributed by atoms with Gasteiger partial charge in [0.1, 0.15) is 6.07 Å². The van der Waals surface area contributed by atoms with Crippen LogP contribution in [0.2, 0.25) is 0 Å². The average molecular weight is 315 g/mol. The monoisotopic (exact) mass is 315 g/mol. The Labute approximate surface area is 142 Å². The van der Waals surface area contributed by atoms with Crippen molar-refractivity contribution in [2.45, 2.75) is 26.2 Å². The highest BCUT2D eigenvalue weighted by Gasteiger charge is 2.14. The Bertz CT molecular complexity index is 945. The molecule has 0 spiro atoms. The van der Waals surface area contributed by atoms with E-state index in [0.29, 0.717) is 11.4 Å². The summed E-state index contributed by atoms with van der Waals surface area (Å²) in [7, 11) is 1.94. The summed E-state index contributed by atoms with van der Waals surface area (Å²) >= 11 is 0. The van der Waals surface area contributed by atoms with E-state index in [2.05, 4.69) is 56.1 Å². The molecule has 3 aromatic rings. The summed E-state index contributed by atoms with van der Waals surface area (Å²) in [4.78, 5) is 4.61. The molecule has 3 heteroatoms. The quantitative estimate of drug-likeness (QED) is 0.629. The number of aryl methyl sites for hydroxylation is 1. The summed E-state index contributed by atoms with van der Waals surface area (Å²) in [6, 6.07) is 18.6. The van der Waals surface area contributed by atoms with Crippen LogP contribution in [0.25, 0.3) is 22.7 Å². The highest BCUT2D eigenvalue weighted by Crippen LogP contribution is 2.25. The molecule has 0 aliphatic rings. The molecule has 3 rings (SSSR count). The molecule has 2 aromatic carbocycles. The predicted molar refractivity (Wildman–Crippen MR) is 99.3 cm³/mol. The Kier molecular flexibility index (Phi) is 3.99. The largest absolute Gasteiger partial charge is 0.327 e. The Morgan fingerprint density at radius 2 is 1.75 bits per heavy atom. The fourth-order valence-electron chi connectivity index (χ4n) is 2.78. The molecule has 3 nitrogen and oxygen atoms in total. The summed E-state index contributed by atoms with van der Waals surface area (Å²) in [5.41, 5.74) is 4.90. The van der Waals surface area contributed by atoms with Gasteiger partial charge < -0.3 is 4.57 Å². The van der Waals surface area contributed by atoms with Gasteiger partial charge in [-0.25, -0.2) is 4.98 Å². The number of imidazole rings is 1. The Morgan fingerprint density at radius 3 is 2.33 bits per heavy atom. The van der Waals surface area contributed by atoms with Crippen LogP contribution < -0.4 is 0 Å². The van der Waals surface area contributed by atoms with Crippen molar-refractivity contribution in [1.82, 2.24) is 9.55 Å². The second-order valence-electron chi connectivity index (χ2n) is 7.02. The van der Waals surface area contributed by atoms with Crippen LogP contribution in [0, 0.1) is 11.3 Å². The van der Waals surface area contributed by atoms with E-state index < -0.39 is 0 Å². The highest BCUT2D eigenvalue weighted by atomic mass is 15.1. The molecule has 0 aliphatic carbocycles. The molecular weight excluding hydrogens is 294 g/mol. The zero-order valence-corrected chi connectivity index (χ0v) is 14.5. The lowest BCUT2D eigenvalue weighted by Gasteiger charge is -2.18. The van der Waals surface area contributed by atoms with Crippen LogP contribution in [0.5, 0.6) is 0 Å². The molecule has 1 heterocycles. The summed E-state index contributed by atoms with van der Waals surface area (Å²) < 4.78 is 1.97. The number of para-hydroxylation sites is 2. The number of nitriles is 1. The fraction of sp³-hybridized carbons (Fsp3) is 0.238. The van der Waals surface area contributed by atoms with E-state index >= 15 is 0 Å². The first kappa shape index (κ1) is 16.0. The van der Waals surface area contributed by atoms with Crippen molar-refractivity contribution in [1.29, 1.82) is 5.26 Å². The number of aromatic nitrogens is 2. The molecule has 0 saturated carbocycles. The first-order chi connectivity index (χ1) is 11.4. The van der Waals surface area contributed by atoms with E-state index in [9.17, 15) is 5.26 Å². The van der Waals surface area contributed by atoms with Crippen molar-refractivity contribution in [2.75, 3.05) is 0 Å². The standard InChI is InChI=1S/C21H21N3/c1-21(2,3)17-11-9-15(10-12-17)13-16(14-22)20-23-18-7-5-6-8-19(18)24(20)4/h5-13H,1-4H3. The molecule has 0 amide bonds. The zero-order valence-electron chi connectivity index (χ0n) is 14.5. The van der Waals surface area contributed by atoms with Gasteiger partial charge in [0.05, 0.1) is 16.6 Å². The summed E-state index contributed by atoms with van der Waals surface area (Å²) in [6.45, 7) is 6.58. The second kappa shape index (κ2) is 5.98. The predicted octanol–water partition coefficient (Wildman–Crippen LogP) is 4.93. The maximum Gasteiger partial charge on any atom is 0.151 e. The minimum atomic E-state index is 0.123. The van der Waals surface area contributed by atoms with Crippen molar-refractivity contribution >= 4 is 22.7 Å². The van der Waals surface area contributed by atoms with Gasteiger partial charge in [-0.2, -0.15) is 5.26 Å². The SMILES string of the molecule is Cn1c(C(C#N)=Cc2ccc(C(C)(C)C)cc2)nc2ccccc21. The van der Waals surface area contributed by atoms with Crippen LogP contribution in [0.3, 0.4) is 0 Å². The van der Waals surface area contributed by atoms with Crippen LogP contribution in [-0.4, -0.2) is 9.55 Å². The molecule has 120 valence electrons. The van der Waals surface area contributed by atoms with Crippen LogP contribution in [0.4, 0.5) is 0 Å². The second-order valence-corrected chi connectivity index (χ2v) is 7.02. The molecule has 0 atom stereocenters. The first-order valence-corrected chi connectivity index (χ1v) is 8.04. The first-order valence-electron chi connectivity index (χ1n) is 8.04. The molecule has 0 bridgehead atoms. The molecule has 0 fully saturated rings. The van der Waals surface area contributed by atoms with E-state index in [1.165, 1.54) is 5.56 Å². The number of fused-ring (bicyclic) bond motifs is 1. The maximum atomic E-state index is 9.60. The normalized spacial score (nSPS) is 12.4. The van der Waals surface area contributed by atoms with Crippen LogP contribution in [0.1, 0.15) is 37.7 Å². The molecule has 0 unspecified atom stereocenters. The van der Waals surface area contributed by atoms with Crippen molar-refractivity contribution < 1.29 is 0 Å². The third kappa shape index (κ3) is 2.96. The fourth-order valence-corrected chi connectivity index (χ4v) is 2.78. The number of benzene rings is 2. The van der Waals surface area contributed by atoms with Crippen molar-refractivity contribution in [3.63, 3.8) is 0 Å². The number of rotatable bonds is 2. The van der Waals surface area contributed by atoms with Gasteiger partial charge in [0, 0.05) is 7.05 Å². The third-order valence-electron chi connectivity index (χ3n) is 4.24. The zero-order chi connectivity index (χ0) is 17.3. The molecule has 0 N–H and O–H groups in total. The van der Waals surface area contributed by atoms with Gasteiger partial charge in [-0.3, -0.25) is 0 Å². The van der Waals surface area contributed by atoms with Gasteiger partial charge in [0.2, 0.25) is 0 Å². The minimum absolute atomic E-state index is 0.123. The van der Waals surface area contributed by atoms with E-state index in [1.54, 1.807) is 0 Å². The number of nitrogens with zero attached hydrogens (tertiary/aromatic N) is 3. The van der Waals surface area contributed by atoms with Gasteiger partial charge in [-0.1, -0.05) is 57.2 Å². The van der Waals surface area contributed by atoms with E-state index in [-0.39, 0.29) is 5.41 Å². The Hall–Kier alpha value is -2.86. The van der Waals surface area contributed by atoms with Crippen molar-refractivity contribution in [3.8, 4) is 6.07 Å². The van der Waals surface area contributed by atoms with Gasteiger partial charge >= 0.3 is 0 Å². The van der Waals surface area contributed by atoms with E-state index in [1.807, 2.05) is 42.0 Å². The summed E-state index contributed by atoms with van der Waals surface area (Å²) in [5, 5.41) is 9.60.